The second-order valence-electron chi connectivity index (χ2n) is 4.43. The van der Waals surface area contributed by atoms with E-state index in [9.17, 15) is 4.79 Å². The molecule has 3 N–H and O–H groups in total. The zero-order valence-corrected chi connectivity index (χ0v) is 11.4. The summed E-state index contributed by atoms with van der Waals surface area (Å²) in [6, 6.07) is 0.130. The number of nitrogens with zero attached hydrogens (tertiary/aromatic N) is 3. The van der Waals surface area contributed by atoms with E-state index in [1.807, 2.05) is 6.92 Å². The van der Waals surface area contributed by atoms with Crippen LogP contribution < -0.4 is 11.1 Å². The molecule has 0 aliphatic carbocycles. The fourth-order valence-corrected chi connectivity index (χ4v) is 1.85. The molecule has 1 aromatic heterocycles. The zero-order valence-electron chi connectivity index (χ0n) is 11.4. The summed E-state index contributed by atoms with van der Waals surface area (Å²) in [7, 11) is 0. The van der Waals surface area contributed by atoms with Crippen LogP contribution in [0.4, 0.5) is 5.69 Å². The van der Waals surface area contributed by atoms with Gasteiger partial charge in [-0.2, -0.15) is 5.10 Å². The second-order valence-corrected chi connectivity index (χ2v) is 4.43. The molecule has 0 aliphatic rings. The van der Waals surface area contributed by atoms with Crippen molar-refractivity contribution in [2.24, 2.45) is 0 Å². The number of rotatable bonds is 7. The number of nitrogens with two attached hydrogens (primary N) is 1. The van der Waals surface area contributed by atoms with Crippen LogP contribution in [0.2, 0.25) is 0 Å². The molecule has 18 heavy (non-hydrogen) atoms. The Labute approximate surface area is 108 Å². The van der Waals surface area contributed by atoms with Crippen LogP contribution in [0.25, 0.3) is 0 Å². The molecule has 0 aliphatic heterocycles. The normalized spacial score (nSPS) is 12.7. The highest BCUT2D eigenvalue weighted by atomic mass is 16.2. The minimum atomic E-state index is -0.0437. The van der Waals surface area contributed by atoms with Crippen molar-refractivity contribution >= 4 is 11.6 Å². The molecule has 0 aromatic carbocycles. The van der Waals surface area contributed by atoms with Crippen molar-refractivity contribution < 1.29 is 4.79 Å². The fourth-order valence-electron chi connectivity index (χ4n) is 1.85. The van der Waals surface area contributed by atoms with E-state index in [4.69, 9.17) is 5.73 Å². The number of nitrogens with one attached hydrogen (secondary N) is 1. The Bertz CT molecular complexity index is 372. The van der Waals surface area contributed by atoms with Crippen LogP contribution in [0.5, 0.6) is 0 Å². The lowest BCUT2D eigenvalue weighted by Crippen LogP contribution is -2.43. The van der Waals surface area contributed by atoms with Crippen LogP contribution in [-0.4, -0.2) is 46.3 Å². The number of hydrogen-bond acceptors (Lipinski definition) is 4. The molecular formula is C12H23N5O. The van der Waals surface area contributed by atoms with Gasteiger partial charge in [0.05, 0.1) is 11.9 Å². The summed E-state index contributed by atoms with van der Waals surface area (Å²) in [5.74, 6) is -0.0437. The summed E-state index contributed by atoms with van der Waals surface area (Å²) < 4.78 is 1.54. The first kappa shape index (κ1) is 14.5. The highest BCUT2D eigenvalue weighted by Crippen LogP contribution is 1.97. The Kier molecular flexibility index (Phi) is 5.64. The molecule has 0 saturated carbocycles. The predicted molar refractivity (Wildman–Crippen MR) is 72.0 cm³/mol. The van der Waals surface area contributed by atoms with E-state index in [0.717, 1.165) is 19.6 Å². The van der Waals surface area contributed by atoms with Crippen molar-refractivity contribution in [2.75, 3.05) is 25.4 Å². The average molecular weight is 253 g/mol. The van der Waals surface area contributed by atoms with E-state index in [2.05, 4.69) is 29.2 Å². The van der Waals surface area contributed by atoms with E-state index >= 15 is 0 Å². The first-order chi connectivity index (χ1) is 8.55. The molecular weight excluding hydrogens is 230 g/mol. The average Bonchev–Trinajstić information content (AvgIpc) is 2.71. The van der Waals surface area contributed by atoms with Gasteiger partial charge in [0.1, 0.15) is 6.54 Å². The van der Waals surface area contributed by atoms with Crippen LogP contribution in [0, 0.1) is 0 Å². The number of aromatic nitrogens is 2. The topological polar surface area (TPSA) is 76.2 Å². The standard InChI is InChI=1S/C12H23N5O/c1-4-16(5-2)7-10(3)15-12(18)9-17-8-11(13)6-14-17/h6,8,10H,4-5,7,9,13H2,1-3H3,(H,15,18). The summed E-state index contributed by atoms with van der Waals surface area (Å²) in [6.45, 7) is 9.29. The van der Waals surface area contributed by atoms with Crippen molar-refractivity contribution in [2.45, 2.75) is 33.4 Å². The number of nitrogen functional groups attached to an aromatic ring is 1. The highest BCUT2D eigenvalue weighted by Gasteiger charge is 2.11. The maximum Gasteiger partial charge on any atom is 0.241 e. The maximum atomic E-state index is 11.8. The van der Waals surface area contributed by atoms with Crippen LogP contribution >= 0.6 is 0 Å². The van der Waals surface area contributed by atoms with Crippen molar-refractivity contribution in [3.05, 3.63) is 12.4 Å². The number of hydrogen-bond donors (Lipinski definition) is 2. The van der Waals surface area contributed by atoms with Crippen molar-refractivity contribution in [3.8, 4) is 0 Å². The molecule has 0 bridgehead atoms. The second kappa shape index (κ2) is 7.00. The Morgan fingerprint density at radius 2 is 2.22 bits per heavy atom. The van der Waals surface area contributed by atoms with Gasteiger partial charge in [-0.1, -0.05) is 13.8 Å². The molecule has 0 spiro atoms. The summed E-state index contributed by atoms with van der Waals surface area (Å²) in [5, 5.41) is 6.93. The number of anilines is 1. The minimum Gasteiger partial charge on any atom is -0.396 e. The molecule has 1 unspecified atom stereocenters. The third kappa shape index (κ3) is 4.75. The van der Waals surface area contributed by atoms with E-state index in [-0.39, 0.29) is 18.5 Å². The Morgan fingerprint density at radius 1 is 1.56 bits per heavy atom. The van der Waals surface area contributed by atoms with E-state index in [1.165, 1.54) is 10.9 Å². The zero-order chi connectivity index (χ0) is 13.5. The first-order valence-corrected chi connectivity index (χ1v) is 6.34. The third-order valence-corrected chi connectivity index (χ3v) is 2.79. The fraction of sp³-hybridized carbons (Fsp3) is 0.667. The first-order valence-electron chi connectivity index (χ1n) is 6.34. The molecule has 1 atom stereocenters. The summed E-state index contributed by atoms with van der Waals surface area (Å²) in [6.07, 6.45) is 3.18. The van der Waals surface area contributed by atoms with Gasteiger partial charge in [-0.15, -0.1) is 0 Å². The van der Waals surface area contributed by atoms with Gasteiger partial charge in [0.2, 0.25) is 5.91 Å². The van der Waals surface area contributed by atoms with Gasteiger partial charge in [-0.3, -0.25) is 9.48 Å². The largest absolute Gasteiger partial charge is 0.396 e. The van der Waals surface area contributed by atoms with Crippen LogP contribution in [0.1, 0.15) is 20.8 Å². The molecule has 102 valence electrons. The lowest BCUT2D eigenvalue weighted by Gasteiger charge is -2.23. The van der Waals surface area contributed by atoms with Crippen LogP contribution in [-0.2, 0) is 11.3 Å². The molecule has 6 heteroatoms. The lowest BCUT2D eigenvalue weighted by molar-refractivity contribution is -0.122. The quantitative estimate of drug-likeness (QED) is 0.733. The van der Waals surface area contributed by atoms with Gasteiger partial charge < -0.3 is 16.0 Å². The molecule has 1 aromatic rings. The molecule has 0 saturated heterocycles. The van der Waals surface area contributed by atoms with Crippen molar-refractivity contribution in [1.82, 2.24) is 20.0 Å². The molecule has 1 amide bonds. The number of amides is 1. The number of likely N-dealkylation sites (N-methyl/N-ethyl adjacent to an activating group) is 1. The molecule has 1 heterocycles. The van der Waals surface area contributed by atoms with E-state index in [1.54, 1.807) is 6.20 Å². The van der Waals surface area contributed by atoms with Gasteiger partial charge in [-0.25, -0.2) is 0 Å². The van der Waals surface area contributed by atoms with Gasteiger partial charge in [0, 0.05) is 18.8 Å². The SMILES string of the molecule is CCN(CC)CC(C)NC(=O)Cn1cc(N)cn1. The lowest BCUT2D eigenvalue weighted by atomic mass is 10.3. The molecule has 0 radical (unpaired) electrons. The molecule has 0 fully saturated rings. The number of carbonyl (C=O) groups excluding carboxylic acids is 1. The molecule has 6 nitrogen and oxygen atoms in total. The van der Waals surface area contributed by atoms with E-state index < -0.39 is 0 Å². The van der Waals surface area contributed by atoms with E-state index in [0.29, 0.717) is 5.69 Å². The predicted octanol–water partition coefficient (Wildman–Crippen LogP) is 0.312. The van der Waals surface area contributed by atoms with Crippen molar-refractivity contribution in [1.29, 1.82) is 0 Å². The van der Waals surface area contributed by atoms with Crippen LogP contribution in [0.3, 0.4) is 0 Å². The summed E-state index contributed by atoms with van der Waals surface area (Å²) >= 11 is 0. The van der Waals surface area contributed by atoms with Gasteiger partial charge in [-0.05, 0) is 20.0 Å². The monoisotopic (exact) mass is 253 g/mol. The highest BCUT2D eigenvalue weighted by molar-refractivity contribution is 5.76. The van der Waals surface area contributed by atoms with Crippen LogP contribution in [0.15, 0.2) is 12.4 Å². The Hall–Kier alpha value is -1.56. The summed E-state index contributed by atoms with van der Waals surface area (Å²) in [4.78, 5) is 14.0. The minimum absolute atomic E-state index is 0.0437. The van der Waals surface area contributed by atoms with Gasteiger partial charge >= 0.3 is 0 Å². The Balaban J connectivity index is 2.35. The number of carbonyl (C=O) groups is 1. The summed E-state index contributed by atoms with van der Waals surface area (Å²) in [5.41, 5.74) is 6.10. The smallest absolute Gasteiger partial charge is 0.241 e. The third-order valence-electron chi connectivity index (χ3n) is 2.79. The van der Waals surface area contributed by atoms with Gasteiger partial charge in [0.15, 0.2) is 0 Å². The Morgan fingerprint density at radius 3 is 2.72 bits per heavy atom. The van der Waals surface area contributed by atoms with Gasteiger partial charge in [0.25, 0.3) is 0 Å². The maximum absolute atomic E-state index is 11.8. The molecule has 1 rings (SSSR count). The van der Waals surface area contributed by atoms with Crippen molar-refractivity contribution in [3.63, 3.8) is 0 Å².